The fourth-order valence-electron chi connectivity index (χ4n) is 3.88. The SMILES string of the molecule is CC(C)c1n[nH]c([C@H]2CN(C(=O)Cc3ccc(=O)[nH]c3)C[C@@H]2C2CC2)n1. The van der Waals surface area contributed by atoms with E-state index in [9.17, 15) is 9.59 Å². The van der Waals surface area contributed by atoms with E-state index in [1.807, 2.05) is 4.90 Å². The Labute approximate surface area is 152 Å². The van der Waals surface area contributed by atoms with Gasteiger partial charge in [-0.1, -0.05) is 19.9 Å². The molecule has 26 heavy (non-hydrogen) atoms. The van der Waals surface area contributed by atoms with Crippen molar-refractivity contribution in [2.75, 3.05) is 13.1 Å². The van der Waals surface area contributed by atoms with Gasteiger partial charge in [-0.15, -0.1) is 0 Å². The molecule has 1 aliphatic heterocycles. The fraction of sp³-hybridized carbons (Fsp3) is 0.579. The van der Waals surface area contributed by atoms with Crippen LogP contribution in [0.15, 0.2) is 23.1 Å². The zero-order valence-electron chi connectivity index (χ0n) is 15.2. The van der Waals surface area contributed by atoms with E-state index in [0.29, 0.717) is 30.7 Å². The average molecular weight is 355 g/mol. The number of amides is 1. The predicted octanol–water partition coefficient (Wildman–Crippen LogP) is 1.81. The van der Waals surface area contributed by atoms with E-state index < -0.39 is 0 Å². The molecule has 2 N–H and O–H groups in total. The molecule has 7 nitrogen and oxygen atoms in total. The Morgan fingerprint density at radius 3 is 2.73 bits per heavy atom. The molecule has 7 heteroatoms. The molecule has 0 aromatic carbocycles. The number of H-pyrrole nitrogens is 2. The third-order valence-electron chi connectivity index (χ3n) is 5.54. The number of carbonyl (C=O) groups excluding carboxylic acids is 1. The molecule has 0 bridgehead atoms. The van der Waals surface area contributed by atoms with E-state index in [0.717, 1.165) is 23.8 Å². The molecular weight excluding hydrogens is 330 g/mol. The van der Waals surface area contributed by atoms with Gasteiger partial charge in [0.1, 0.15) is 5.82 Å². The minimum atomic E-state index is -0.150. The van der Waals surface area contributed by atoms with Crippen LogP contribution in [0.1, 0.15) is 55.7 Å². The molecule has 138 valence electrons. The first kappa shape index (κ1) is 17.0. The van der Waals surface area contributed by atoms with Gasteiger partial charge in [0.2, 0.25) is 11.5 Å². The highest BCUT2D eigenvalue weighted by Gasteiger charge is 2.45. The van der Waals surface area contributed by atoms with Crippen LogP contribution in [0, 0.1) is 11.8 Å². The molecule has 0 unspecified atom stereocenters. The lowest BCUT2D eigenvalue weighted by molar-refractivity contribution is -0.129. The van der Waals surface area contributed by atoms with Gasteiger partial charge < -0.3 is 9.88 Å². The highest BCUT2D eigenvalue weighted by Crippen LogP contribution is 2.47. The first-order valence-electron chi connectivity index (χ1n) is 9.39. The van der Waals surface area contributed by atoms with Gasteiger partial charge in [0.25, 0.3) is 0 Å². The van der Waals surface area contributed by atoms with Crippen molar-refractivity contribution in [1.29, 1.82) is 0 Å². The molecule has 0 spiro atoms. The standard InChI is InChI=1S/C19H25N5O2/c1-11(2)18-21-19(23-22-18)15-10-24(9-14(15)13-4-5-13)17(26)7-12-3-6-16(25)20-8-12/h3,6,8,11,13-15H,4-5,7,9-10H2,1-2H3,(H,20,25)(H,21,22,23)/t14-,15+/m1/s1. The summed E-state index contributed by atoms with van der Waals surface area (Å²) in [7, 11) is 0. The number of likely N-dealkylation sites (tertiary alicyclic amines) is 1. The van der Waals surface area contributed by atoms with Crippen LogP contribution in [0.25, 0.3) is 0 Å². The monoisotopic (exact) mass is 355 g/mol. The molecule has 3 heterocycles. The number of aromatic amines is 2. The second kappa shape index (κ2) is 6.70. The lowest BCUT2D eigenvalue weighted by Crippen LogP contribution is -2.30. The summed E-state index contributed by atoms with van der Waals surface area (Å²) in [5.74, 6) is 3.55. The van der Waals surface area contributed by atoms with Crippen LogP contribution in [0.4, 0.5) is 0 Å². The summed E-state index contributed by atoms with van der Waals surface area (Å²) in [5, 5.41) is 7.47. The van der Waals surface area contributed by atoms with Crippen molar-refractivity contribution in [2.45, 2.75) is 44.9 Å². The average Bonchev–Trinajstić information content (AvgIpc) is 3.17. The van der Waals surface area contributed by atoms with E-state index in [1.165, 1.54) is 18.9 Å². The van der Waals surface area contributed by atoms with Crippen LogP contribution in [0.5, 0.6) is 0 Å². The van der Waals surface area contributed by atoms with Gasteiger partial charge >= 0.3 is 0 Å². The largest absolute Gasteiger partial charge is 0.341 e. The number of aromatic nitrogens is 4. The predicted molar refractivity (Wildman–Crippen MR) is 96.8 cm³/mol. The quantitative estimate of drug-likeness (QED) is 0.855. The first-order chi connectivity index (χ1) is 12.5. The Kier molecular flexibility index (Phi) is 4.38. The number of rotatable bonds is 5. The second-order valence-corrected chi connectivity index (χ2v) is 7.88. The fourth-order valence-corrected chi connectivity index (χ4v) is 3.88. The Balaban J connectivity index is 1.49. The maximum absolute atomic E-state index is 12.8. The molecule has 0 radical (unpaired) electrons. The molecule has 2 aromatic heterocycles. The van der Waals surface area contributed by atoms with E-state index in [1.54, 1.807) is 12.3 Å². The number of hydrogen-bond acceptors (Lipinski definition) is 4. The van der Waals surface area contributed by atoms with Crippen LogP contribution in [-0.4, -0.2) is 44.1 Å². The number of nitrogens with zero attached hydrogens (tertiary/aromatic N) is 3. The van der Waals surface area contributed by atoms with Crippen LogP contribution in [0.2, 0.25) is 0 Å². The van der Waals surface area contributed by atoms with E-state index in [2.05, 4.69) is 29.0 Å². The zero-order chi connectivity index (χ0) is 18.3. The van der Waals surface area contributed by atoms with Gasteiger partial charge in [-0.25, -0.2) is 4.98 Å². The lowest BCUT2D eigenvalue weighted by atomic mass is 9.91. The second-order valence-electron chi connectivity index (χ2n) is 7.88. The van der Waals surface area contributed by atoms with E-state index in [4.69, 9.17) is 4.98 Å². The molecule has 2 fully saturated rings. The molecule has 1 amide bonds. The molecule has 1 aliphatic carbocycles. The maximum atomic E-state index is 12.8. The van der Waals surface area contributed by atoms with Crippen LogP contribution in [-0.2, 0) is 11.2 Å². The number of nitrogens with one attached hydrogen (secondary N) is 2. The van der Waals surface area contributed by atoms with Crippen molar-refractivity contribution in [3.05, 3.63) is 45.9 Å². The summed E-state index contributed by atoms with van der Waals surface area (Å²) in [6, 6.07) is 3.18. The highest BCUT2D eigenvalue weighted by atomic mass is 16.2. The summed E-state index contributed by atoms with van der Waals surface area (Å²) in [4.78, 5) is 33.2. The summed E-state index contributed by atoms with van der Waals surface area (Å²) in [6.45, 7) is 5.64. The minimum Gasteiger partial charge on any atom is -0.341 e. The van der Waals surface area contributed by atoms with Crippen molar-refractivity contribution in [3.63, 3.8) is 0 Å². The Morgan fingerprint density at radius 1 is 1.31 bits per heavy atom. The van der Waals surface area contributed by atoms with Crippen molar-refractivity contribution >= 4 is 5.91 Å². The Bertz CT molecular complexity index is 831. The molecule has 2 aliphatic rings. The molecular formula is C19H25N5O2. The third-order valence-corrected chi connectivity index (χ3v) is 5.54. The van der Waals surface area contributed by atoms with Crippen molar-refractivity contribution < 1.29 is 4.79 Å². The van der Waals surface area contributed by atoms with Crippen LogP contribution >= 0.6 is 0 Å². The smallest absolute Gasteiger partial charge is 0.247 e. The maximum Gasteiger partial charge on any atom is 0.247 e. The van der Waals surface area contributed by atoms with Crippen molar-refractivity contribution in [1.82, 2.24) is 25.1 Å². The minimum absolute atomic E-state index is 0.105. The molecule has 1 saturated carbocycles. The zero-order valence-corrected chi connectivity index (χ0v) is 15.2. The summed E-state index contributed by atoms with van der Waals surface area (Å²) < 4.78 is 0. The molecule has 1 saturated heterocycles. The highest BCUT2D eigenvalue weighted by molar-refractivity contribution is 5.79. The lowest BCUT2D eigenvalue weighted by Gasteiger charge is -2.16. The van der Waals surface area contributed by atoms with Gasteiger partial charge in [-0.3, -0.25) is 14.7 Å². The third kappa shape index (κ3) is 3.43. The van der Waals surface area contributed by atoms with Crippen molar-refractivity contribution in [3.8, 4) is 0 Å². The first-order valence-corrected chi connectivity index (χ1v) is 9.39. The van der Waals surface area contributed by atoms with E-state index >= 15 is 0 Å². The van der Waals surface area contributed by atoms with Crippen molar-refractivity contribution in [2.24, 2.45) is 11.8 Å². The Morgan fingerprint density at radius 2 is 2.12 bits per heavy atom. The summed E-state index contributed by atoms with van der Waals surface area (Å²) in [5.41, 5.74) is 0.685. The van der Waals surface area contributed by atoms with Gasteiger partial charge in [0.15, 0.2) is 5.82 Å². The van der Waals surface area contributed by atoms with Gasteiger partial charge in [-0.2, -0.15) is 5.10 Å². The number of hydrogen-bond donors (Lipinski definition) is 2. The number of pyridine rings is 1. The number of carbonyl (C=O) groups is 1. The van der Waals surface area contributed by atoms with Crippen LogP contribution < -0.4 is 5.56 Å². The summed E-state index contributed by atoms with van der Waals surface area (Å²) in [6.07, 6.45) is 4.43. The van der Waals surface area contributed by atoms with E-state index in [-0.39, 0.29) is 17.4 Å². The molecule has 2 aromatic rings. The molecule has 2 atom stereocenters. The topological polar surface area (TPSA) is 94.7 Å². The van der Waals surface area contributed by atoms with Crippen LogP contribution in [0.3, 0.4) is 0 Å². The molecule has 4 rings (SSSR count). The van der Waals surface area contributed by atoms with Gasteiger partial charge in [0, 0.05) is 37.2 Å². The van der Waals surface area contributed by atoms with Gasteiger partial charge in [0.05, 0.1) is 6.42 Å². The van der Waals surface area contributed by atoms with Gasteiger partial charge in [-0.05, 0) is 30.2 Å². The normalized spacial score (nSPS) is 23.0. The Hall–Kier alpha value is -2.44. The summed E-state index contributed by atoms with van der Waals surface area (Å²) >= 11 is 0.